The van der Waals surface area contributed by atoms with Crippen molar-refractivity contribution in [3.8, 4) is 0 Å². The lowest BCUT2D eigenvalue weighted by molar-refractivity contribution is -0.160. The largest absolute Gasteiger partial charge is 0.479 e. The Bertz CT molecular complexity index is 991. The van der Waals surface area contributed by atoms with Crippen LogP contribution in [0.5, 0.6) is 0 Å². The van der Waals surface area contributed by atoms with Gasteiger partial charge in [0.2, 0.25) is 11.8 Å². The Morgan fingerprint density at radius 2 is 1.97 bits per heavy atom. The van der Waals surface area contributed by atoms with E-state index in [2.05, 4.69) is 5.32 Å². The Morgan fingerprint density at radius 1 is 1.24 bits per heavy atom. The van der Waals surface area contributed by atoms with Crippen molar-refractivity contribution in [3.05, 3.63) is 46.9 Å². The molecule has 2 fully saturated rings. The van der Waals surface area contributed by atoms with E-state index in [1.54, 1.807) is 17.5 Å². The minimum absolute atomic E-state index is 0.0293. The fourth-order valence-electron chi connectivity index (χ4n) is 4.10. The van der Waals surface area contributed by atoms with Gasteiger partial charge < -0.3 is 15.3 Å². The van der Waals surface area contributed by atoms with Gasteiger partial charge in [0.05, 0.1) is 17.4 Å². The van der Waals surface area contributed by atoms with Gasteiger partial charge in [-0.15, -0.1) is 11.8 Å². The zero-order valence-electron chi connectivity index (χ0n) is 15.4. The molecule has 3 aliphatic heterocycles. The van der Waals surface area contributed by atoms with E-state index in [0.717, 1.165) is 5.56 Å². The number of β-lactam (4-membered cyclic amide) rings is 1. The summed E-state index contributed by atoms with van der Waals surface area (Å²) in [5.41, 5.74) is 1.06. The first kappa shape index (κ1) is 20.0. The number of benzene rings is 1. The Labute approximate surface area is 172 Å². The van der Waals surface area contributed by atoms with Crippen LogP contribution >= 0.6 is 11.8 Å². The molecule has 0 bridgehead atoms. The molecule has 4 rings (SSSR count). The quantitative estimate of drug-likeness (QED) is 0.647. The summed E-state index contributed by atoms with van der Waals surface area (Å²) in [6.07, 6.45) is 0.963. The number of carbonyl (C=O) groups is 3. The number of nitrogens with one attached hydrogen (secondary N) is 1. The molecule has 2 saturated heterocycles. The van der Waals surface area contributed by atoms with E-state index < -0.39 is 44.4 Å². The van der Waals surface area contributed by atoms with Crippen LogP contribution in [0.15, 0.2) is 41.3 Å². The number of nitrogens with zero attached hydrogens (tertiary/aromatic N) is 1. The van der Waals surface area contributed by atoms with Crippen LogP contribution in [-0.4, -0.2) is 64.7 Å². The Morgan fingerprint density at radius 3 is 2.59 bits per heavy atom. The van der Waals surface area contributed by atoms with Crippen LogP contribution in [-0.2, 0) is 30.6 Å². The Kier molecular flexibility index (Phi) is 5.16. The average molecular weight is 437 g/mol. The number of fused-ring (bicyclic) bond motifs is 1. The van der Waals surface area contributed by atoms with Crippen molar-refractivity contribution in [1.82, 2.24) is 10.2 Å². The van der Waals surface area contributed by atoms with Gasteiger partial charge >= 0.3 is 5.97 Å². The molecule has 8 nitrogen and oxygen atoms in total. The average Bonchev–Trinajstić information content (AvgIpc) is 3.04. The molecule has 3 heterocycles. The lowest BCUT2D eigenvalue weighted by atomic mass is 9.94. The van der Waals surface area contributed by atoms with Crippen LogP contribution in [0, 0.1) is 0 Å². The predicted octanol–water partition coefficient (Wildman–Crippen LogP) is 0.543. The number of hydrogen-bond acceptors (Lipinski definition) is 6. The van der Waals surface area contributed by atoms with E-state index in [9.17, 15) is 27.9 Å². The van der Waals surface area contributed by atoms with Gasteiger partial charge in [-0.3, -0.25) is 9.59 Å². The highest BCUT2D eigenvalue weighted by Crippen LogP contribution is 2.43. The molecule has 0 saturated carbocycles. The van der Waals surface area contributed by atoms with Crippen LogP contribution in [0.4, 0.5) is 0 Å². The monoisotopic (exact) mass is 436 g/mol. The van der Waals surface area contributed by atoms with Crippen LogP contribution in [0.1, 0.15) is 18.4 Å². The summed E-state index contributed by atoms with van der Waals surface area (Å²) >= 11 is 1.19. The fourth-order valence-corrected chi connectivity index (χ4v) is 7.46. The van der Waals surface area contributed by atoms with Crippen molar-refractivity contribution in [2.75, 3.05) is 5.75 Å². The number of carboxylic acids is 1. The van der Waals surface area contributed by atoms with Gasteiger partial charge in [0.1, 0.15) is 11.4 Å². The maximum Gasteiger partial charge on any atom is 0.330 e. The number of thioether (sulfide) groups is 1. The third-order valence-electron chi connectivity index (χ3n) is 5.48. The zero-order chi connectivity index (χ0) is 20.8. The molecule has 2 unspecified atom stereocenters. The van der Waals surface area contributed by atoms with Crippen LogP contribution < -0.4 is 5.32 Å². The van der Waals surface area contributed by atoms with Gasteiger partial charge in [-0.2, -0.15) is 0 Å². The van der Waals surface area contributed by atoms with E-state index in [1.165, 1.54) is 16.7 Å². The number of carboxylic acid groups (broad SMARTS) is 1. The molecule has 0 aliphatic carbocycles. The van der Waals surface area contributed by atoms with E-state index in [1.807, 2.05) is 18.2 Å². The molecule has 3 aliphatic rings. The van der Waals surface area contributed by atoms with Crippen molar-refractivity contribution < 1.29 is 27.9 Å². The normalized spacial score (nSPS) is 30.1. The summed E-state index contributed by atoms with van der Waals surface area (Å²) in [5, 5.41) is 12.5. The molecular formula is C19H20N2O6S2. The third kappa shape index (κ3) is 3.55. The number of hydrogen-bond donors (Lipinski definition) is 2. The number of sulfone groups is 1. The summed E-state index contributed by atoms with van der Waals surface area (Å²) in [6, 6.07) is 6.95. The maximum atomic E-state index is 12.7. The van der Waals surface area contributed by atoms with Crippen LogP contribution in [0.2, 0.25) is 0 Å². The summed E-state index contributed by atoms with van der Waals surface area (Å²) in [6.45, 7) is 0. The van der Waals surface area contributed by atoms with Crippen molar-refractivity contribution in [2.45, 2.75) is 42.0 Å². The molecule has 1 aromatic carbocycles. The smallest absolute Gasteiger partial charge is 0.330 e. The van der Waals surface area contributed by atoms with Gasteiger partial charge in [0.15, 0.2) is 15.9 Å². The minimum Gasteiger partial charge on any atom is -0.479 e. The first-order valence-corrected chi connectivity index (χ1v) is 11.9. The number of carbonyl (C=O) groups excluding carboxylic acids is 2. The second-order valence-electron chi connectivity index (χ2n) is 7.34. The summed E-state index contributed by atoms with van der Waals surface area (Å²) < 4.78 is 24.6. The van der Waals surface area contributed by atoms with Crippen molar-refractivity contribution in [1.29, 1.82) is 0 Å². The summed E-state index contributed by atoms with van der Waals surface area (Å²) in [7, 11) is -3.41. The molecule has 1 aromatic rings. The second-order valence-corrected chi connectivity index (χ2v) is 10.6. The molecular weight excluding hydrogens is 416 g/mol. The second kappa shape index (κ2) is 7.49. The van der Waals surface area contributed by atoms with E-state index in [4.69, 9.17) is 0 Å². The highest BCUT2D eigenvalue weighted by molar-refractivity contribution is 8.03. The van der Waals surface area contributed by atoms with Crippen LogP contribution in [0.25, 0.3) is 0 Å². The number of amides is 2. The SMILES string of the molecule is O=C(Cc1ccccc1)N[C@@H]1C(=O)N2C(C(=O)O)C(C3CCCS3(=O)=O)=CS[C@H]12. The lowest BCUT2D eigenvalue weighted by Crippen LogP contribution is -2.74. The van der Waals surface area contributed by atoms with Gasteiger partial charge in [-0.25, -0.2) is 13.2 Å². The Balaban J connectivity index is 1.51. The van der Waals surface area contributed by atoms with E-state index in [-0.39, 0.29) is 23.7 Å². The molecule has 0 spiro atoms. The molecule has 0 aromatic heterocycles. The summed E-state index contributed by atoms with van der Waals surface area (Å²) in [5.74, 6) is -2.06. The molecule has 4 atom stereocenters. The molecule has 10 heteroatoms. The number of aliphatic carboxylic acids is 1. The first-order chi connectivity index (χ1) is 13.8. The van der Waals surface area contributed by atoms with E-state index >= 15 is 0 Å². The molecule has 2 N–H and O–H groups in total. The highest BCUT2D eigenvalue weighted by atomic mass is 32.2. The van der Waals surface area contributed by atoms with Crippen LogP contribution in [0.3, 0.4) is 0 Å². The van der Waals surface area contributed by atoms with Crippen molar-refractivity contribution in [3.63, 3.8) is 0 Å². The Hall–Kier alpha value is -2.33. The third-order valence-corrected chi connectivity index (χ3v) is 8.89. The van der Waals surface area contributed by atoms with E-state index in [0.29, 0.717) is 12.8 Å². The van der Waals surface area contributed by atoms with Gasteiger partial charge in [0.25, 0.3) is 0 Å². The molecule has 154 valence electrons. The first-order valence-electron chi connectivity index (χ1n) is 9.25. The van der Waals surface area contributed by atoms with Gasteiger partial charge in [-0.05, 0) is 29.4 Å². The molecule has 0 radical (unpaired) electrons. The standard InChI is InChI=1S/C19H20N2O6S2/c22-14(9-11-5-2-1-3-6-11)20-15-17(23)21-16(19(24)25)12(10-28-18(15)21)13-7-4-8-29(13,26)27/h1-3,5-6,10,13,15-16,18H,4,7-9H2,(H,20,22)(H,24,25)/t13?,15-,16?,18-/m1/s1. The van der Waals surface area contributed by atoms with Crippen molar-refractivity contribution in [2.24, 2.45) is 0 Å². The zero-order valence-corrected chi connectivity index (χ0v) is 17.0. The highest BCUT2D eigenvalue weighted by Gasteiger charge is 2.57. The van der Waals surface area contributed by atoms with Gasteiger partial charge in [-0.1, -0.05) is 30.3 Å². The topological polar surface area (TPSA) is 121 Å². The van der Waals surface area contributed by atoms with Crippen molar-refractivity contribution >= 4 is 39.4 Å². The molecule has 2 amide bonds. The summed E-state index contributed by atoms with van der Waals surface area (Å²) in [4.78, 5) is 38.1. The fraction of sp³-hybridized carbons (Fsp3) is 0.421. The predicted molar refractivity (Wildman–Crippen MR) is 107 cm³/mol. The lowest BCUT2D eigenvalue weighted by Gasteiger charge is -2.52. The van der Waals surface area contributed by atoms with Gasteiger partial charge in [0, 0.05) is 0 Å². The molecule has 29 heavy (non-hydrogen) atoms. The number of rotatable bonds is 5. The maximum absolute atomic E-state index is 12.7. The minimum atomic E-state index is -3.41.